The minimum absolute atomic E-state index is 0.0349. The fourth-order valence-corrected chi connectivity index (χ4v) is 2.43. The van der Waals surface area contributed by atoms with Crippen molar-refractivity contribution in [3.63, 3.8) is 0 Å². The smallest absolute Gasteiger partial charge is 0.326 e. The van der Waals surface area contributed by atoms with E-state index in [2.05, 4.69) is 10.6 Å². The van der Waals surface area contributed by atoms with E-state index in [0.717, 1.165) is 0 Å². The number of carboxylic acids is 1. The predicted molar refractivity (Wildman–Crippen MR) is 74.5 cm³/mol. The molecule has 1 aliphatic rings. The van der Waals surface area contributed by atoms with Crippen molar-refractivity contribution < 1.29 is 24.2 Å². The van der Waals surface area contributed by atoms with Gasteiger partial charge < -0.3 is 26.2 Å². The molecular formula is C13H23N3O5. The maximum Gasteiger partial charge on any atom is 0.326 e. The summed E-state index contributed by atoms with van der Waals surface area (Å²) in [5, 5.41) is 14.1. The zero-order chi connectivity index (χ0) is 16.2. The van der Waals surface area contributed by atoms with E-state index in [0.29, 0.717) is 6.42 Å². The minimum atomic E-state index is -1.20. The van der Waals surface area contributed by atoms with Crippen LogP contribution in [-0.2, 0) is 14.3 Å². The van der Waals surface area contributed by atoms with Crippen LogP contribution in [0.2, 0.25) is 0 Å². The Morgan fingerprint density at radius 2 is 2.05 bits per heavy atom. The van der Waals surface area contributed by atoms with Crippen molar-refractivity contribution >= 4 is 17.9 Å². The number of nitrogens with two attached hydrogens (primary N) is 1. The molecule has 2 unspecified atom stereocenters. The van der Waals surface area contributed by atoms with Crippen LogP contribution in [0.25, 0.3) is 0 Å². The zero-order valence-electron chi connectivity index (χ0n) is 12.5. The van der Waals surface area contributed by atoms with E-state index in [4.69, 9.17) is 15.6 Å². The van der Waals surface area contributed by atoms with Crippen LogP contribution in [0.15, 0.2) is 0 Å². The highest BCUT2D eigenvalue weighted by Crippen LogP contribution is 2.42. The number of rotatable bonds is 7. The molecule has 21 heavy (non-hydrogen) atoms. The number of hydrogen-bond acceptors (Lipinski definition) is 4. The average Bonchev–Trinajstić information content (AvgIpc) is 2.38. The molecule has 5 N–H and O–H groups in total. The Kier molecular flexibility index (Phi) is 5.54. The molecule has 0 aromatic carbocycles. The second-order valence-corrected chi connectivity index (χ2v) is 5.85. The SMILES string of the molecule is COC1CC(NC(=O)N[C@@H](CCC(N)=O)C(=O)O)C1(C)C. The third-order valence-electron chi connectivity index (χ3n) is 4.05. The number of urea groups is 1. The van der Waals surface area contributed by atoms with Crippen LogP contribution < -0.4 is 16.4 Å². The molecule has 8 nitrogen and oxygen atoms in total. The molecule has 0 aliphatic heterocycles. The molecule has 0 saturated heterocycles. The molecule has 1 fully saturated rings. The summed E-state index contributed by atoms with van der Waals surface area (Å²) < 4.78 is 5.28. The largest absolute Gasteiger partial charge is 0.480 e. The Morgan fingerprint density at radius 1 is 1.43 bits per heavy atom. The quantitative estimate of drug-likeness (QED) is 0.518. The number of carbonyl (C=O) groups excluding carboxylic acids is 2. The summed E-state index contributed by atoms with van der Waals surface area (Å²) in [6, 6.07) is -1.80. The number of nitrogens with one attached hydrogen (secondary N) is 2. The molecule has 120 valence electrons. The first kappa shape index (κ1) is 17.2. The van der Waals surface area contributed by atoms with Gasteiger partial charge in [-0.3, -0.25) is 4.79 Å². The predicted octanol–water partition coefficient (Wildman–Crippen LogP) is -0.182. The highest BCUT2D eigenvalue weighted by Gasteiger charge is 2.49. The Hall–Kier alpha value is -1.83. The lowest BCUT2D eigenvalue weighted by molar-refractivity contribution is -0.139. The molecule has 0 heterocycles. The van der Waals surface area contributed by atoms with Crippen LogP contribution in [0, 0.1) is 5.41 Å². The van der Waals surface area contributed by atoms with Crippen LogP contribution >= 0.6 is 0 Å². The van der Waals surface area contributed by atoms with Crippen LogP contribution in [0.1, 0.15) is 33.1 Å². The molecule has 3 amide bonds. The van der Waals surface area contributed by atoms with Gasteiger partial charge in [0.1, 0.15) is 6.04 Å². The first-order chi connectivity index (χ1) is 9.68. The number of carbonyl (C=O) groups is 3. The zero-order valence-corrected chi connectivity index (χ0v) is 12.5. The second-order valence-electron chi connectivity index (χ2n) is 5.85. The Morgan fingerprint density at radius 3 is 2.48 bits per heavy atom. The van der Waals surface area contributed by atoms with Crippen molar-refractivity contribution in [3.05, 3.63) is 0 Å². The monoisotopic (exact) mass is 301 g/mol. The summed E-state index contributed by atoms with van der Waals surface area (Å²) in [6.07, 6.45) is 0.605. The molecule has 1 rings (SSSR count). The van der Waals surface area contributed by atoms with Gasteiger partial charge in [0.15, 0.2) is 0 Å². The number of hydrogen-bond donors (Lipinski definition) is 4. The molecule has 0 aromatic heterocycles. The molecule has 0 aromatic rings. The van der Waals surface area contributed by atoms with Gasteiger partial charge in [-0.2, -0.15) is 0 Å². The summed E-state index contributed by atoms with van der Waals surface area (Å²) in [4.78, 5) is 33.6. The maximum atomic E-state index is 11.8. The van der Waals surface area contributed by atoms with E-state index in [1.165, 1.54) is 0 Å². The fraction of sp³-hybridized carbons (Fsp3) is 0.769. The van der Waals surface area contributed by atoms with Gasteiger partial charge in [-0.25, -0.2) is 9.59 Å². The van der Waals surface area contributed by atoms with E-state index >= 15 is 0 Å². The Labute approximate surface area is 123 Å². The summed E-state index contributed by atoms with van der Waals surface area (Å²) in [5.41, 5.74) is 4.76. The van der Waals surface area contributed by atoms with Gasteiger partial charge >= 0.3 is 12.0 Å². The fourth-order valence-electron chi connectivity index (χ4n) is 2.43. The van der Waals surface area contributed by atoms with Gasteiger partial charge in [0.2, 0.25) is 5.91 Å². The highest BCUT2D eigenvalue weighted by molar-refractivity contribution is 5.83. The average molecular weight is 301 g/mol. The molecule has 8 heteroatoms. The Balaban J connectivity index is 2.48. The van der Waals surface area contributed by atoms with Gasteiger partial charge in [-0.15, -0.1) is 0 Å². The Bertz CT molecular complexity index is 424. The van der Waals surface area contributed by atoms with Crippen LogP contribution in [-0.4, -0.2) is 48.3 Å². The molecular weight excluding hydrogens is 278 g/mol. The lowest BCUT2D eigenvalue weighted by Crippen LogP contribution is -2.63. The van der Waals surface area contributed by atoms with Crippen LogP contribution in [0.5, 0.6) is 0 Å². The van der Waals surface area contributed by atoms with Gasteiger partial charge in [0.05, 0.1) is 6.10 Å². The molecule has 1 aliphatic carbocycles. The van der Waals surface area contributed by atoms with Gasteiger partial charge in [0, 0.05) is 25.0 Å². The van der Waals surface area contributed by atoms with Crippen molar-refractivity contribution in [2.45, 2.75) is 51.3 Å². The minimum Gasteiger partial charge on any atom is -0.480 e. The maximum absolute atomic E-state index is 11.8. The lowest BCUT2D eigenvalue weighted by atomic mass is 9.64. The van der Waals surface area contributed by atoms with Crippen molar-refractivity contribution in [2.75, 3.05) is 7.11 Å². The van der Waals surface area contributed by atoms with E-state index in [9.17, 15) is 14.4 Å². The molecule has 0 spiro atoms. The van der Waals surface area contributed by atoms with Gasteiger partial charge in [0.25, 0.3) is 0 Å². The third-order valence-corrected chi connectivity index (χ3v) is 4.05. The summed E-state index contributed by atoms with van der Waals surface area (Å²) in [5.74, 6) is -1.81. The normalized spacial score (nSPS) is 24.5. The molecule has 3 atom stereocenters. The van der Waals surface area contributed by atoms with Crippen LogP contribution in [0.4, 0.5) is 4.79 Å². The molecule has 0 radical (unpaired) electrons. The van der Waals surface area contributed by atoms with Crippen molar-refractivity contribution in [1.82, 2.24) is 10.6 Å². The van der Waals surface area contributed by atoms with E-state index in [1.807, 2.05) is 13.8 Å². The molecule has 1 saturated carbocycles. The first-order valence-corrected chi connectivity index (χ1v) is 6.79. The number of amides is 3. The highest BCUT2D eigenvalue weighted by atomic mass is 16.5. The van der Waals surface area contributed by atoms with Crippen molar-refractivity contribution in [2.24, 2.45) is 11.1 Å². The third kappa shape index (κ3) is 4.32. The van der Waals surface area contributed by atoms with Crippen molar-refractivity contribution in [3.8, 4) is 0 Å². The number of aliphatic carboxylic acids is 1. The van der Waals surface area contributed by atoms with Crippen molar-refractivity contribution in [1.29, 1.82) is 0 Å². The van der Waals surface area contributed by atoms with Gasteiger partial charge in [-0.05, 0) is 12.8 Å². The summed E-state index contributed by atoms with van der Waals surface area (Å²) >= 11 is 0. The number of methoxy groups -OCH3 is 1. The van der Waals surface area contributed by atoms with Gasteiger partial charge in [-0.1, -0.05) is 13.8 Å². The van der Waals surface area contributed by atoms with E-state index in [-0.39, 0.29) is 30.4 Å². The summed E-state index contributed by atoms with van der Waals surface area (Å²) in [7, 11) is 1.62. The van der Waals surface area contributed by atoms with E-state index < -0.39 is 23.9 Å². The van der Waals surface area contributed by atoms with E-state index in [1.54, 1.807) is 7.11 Å². The van der Waals surface area contributed by atoms with Crippen LogP contribution in [0.3, 0.4) is 0 Å². The summed E-state index contributed by atoms with van der Waals surface area (Å²) in [6.45, 7) is 3.94. The molecule has 0 bridgehead atoms. The first-order valence-electron chi connectivity index (χ1n) is 6.79. The number of ether oxygens (including phenoxy) is 1. The topological polar surface area (TPSA) is 131 Å². The standard InChI is InChI=1S/C13H23N3O5/c1-13(2)8(6-9(13)21-3)16-12(20)15-7(11(18)19)4-5-10(14)17/h7-9H,4-6H2,1-3H3,(H2,14,17)(H,18,19)(H2,15,16,20)/t7-,8?,9?/m0/s1. The lowest BCUT2D eigenvalue weighted by Gasteiger charge is -2.51. The second kappa shape index (κ2) is 6.75. The number of carboxylic acid groups (broad SMARTS) is 1. The number of primary amides is 1.